The molecule has 2 aromatic rings. The van der Waals surface area contributed by atoms with Crippen LogP contribution in [0.1, 0.15) is 24.5 Å². The first-order valence-corrected chi connectivity index (χ1v) is 9.44. The zero-order valence-corrected chi connectivity index (χ0v) is 14.9. The van der Waals surface area contributed by atoms with E-state index in [2.05, 4.69) is 16.6 Å². The lowest BCUT2D eigenvalue weighted by atomic mass is 9.94. The highest BCUT2D eigenvalue weighted by molar-refractivity contribution is 7.92. The summed E-state index contributed by atoms with van der Waals surface area (Å²) in [5, 5.41) is 0. The monoisotopic (exact) mass is 358 g/mol. The fraction of sp³-hybridized carbons (Fsp3) is 0.211. The second kappa shape index (κ2) is 6.80. The molecule has 130 valence electrons. The maximum Gasteiger partial charge on any atom is 0.261 e. The van der Waals surface area contributed by atoms with Crippen LogP contribution < -0.4 is 4.72 Å². The molecule has 1 aliphatic rings. The van der Waals surface area contributed by atoms with Crippen molar-refractivity contribution in [1.29, 1.82) is 0 Å². The average molecular weight is 358 g/mol. The van der Waals surface area contributed by atoms with Gasteiger partial charge in [-0.25, -0.2) is 12.8 Å². The summed E-state index contributed by atoms with van der Waals surface area (Å²) in [5.74, 6) is -0.589. The van der Waals surface area contributed by atoms with E-state index in [4.69, 9.17) is 0 Å². The molecule has 0 spiro atoms. The molecule has 0 radical (unpaired) electrons. The lowest BCUT2D eigenvalue weighted by molar-refractivity contribution is 0.595. The lowest BCUT2D eigenvalue weighted by Gasteiger charge is -2.16. The van der Waals surface area contributed by atoms with Crippen LogP contribution in [0, 0.1) is 12.7 Å². The molecule has 4 nitrogen and oxygen atoms in total. The number of halogens is 1. The number of hydrogen-bond acceptors (Lipinski definition) is 3. The zero-order chi connectivity index (χ0) is 18.0. The molecular formula is C19H19FN2O2S. The van der Waals surface area contributed by atoms with Crippen molar-refractivity contribution >= 4 is 27.5 Å². The largest absolute Gasteiger partial charge is 0.292 e. The highest BCUT2D eigenvalue weighted by Crippen LogP contribution is 2.27. The molecule has 0 amide bonds. The molecule has 1 heterocycles. The summed E-state index contributed by atoms with van der Waals surface area (Å²) in [6.07, 6.45) is 2.80. The normalized spacial score (nSPS) is 14.7. The molecule has 0 saturated heterocycles. The number of nitrogens with zero attached hydrogens (tertiary/aromatic N) is 1. The Kier molecular flexibility index (Phi) is 4.72. The van der Waals surface area contributed by atoms with Gasteiger partial charge >= 0.3 is 0 Å². The number of dihydropyridines is 1. The van der Waals surface area contributed by atoms with Crippen molar-refractivity contribution in [3.05, 3.63) is 65.0 Å². The first kappa shape index (κ1) is 17.4. The van der Waals surface area contributed by atoms with Crippen molar-refractivity contribution < 1.29 is 12.8 Å². The summed E-state index contributed by atoms with van der Waals surface area (Å²) >= 11 is 0. The molecule has 0 bridgehead atoms. The predicted molar refractivity (Wildman–Crippen MR) is 99.0 cm³/mol. The van der Waals surface area contributed by atoms with E-state index in [0.29, 0.717) is 5.69 Å². The molecule has 6 heteroatoms. The smallest absolute Gasteiger partial charge is 0.261 e. The van der Waals surface area contributed by atoms with Crippen LogP contribution >= 0.6 is 0 Å². The minimum absolute atomic E-state index is 0.104. The molecular weight excluding hydrogens is 339 g/mol. The van der Waals surface area contributed by atoms with Crippen LogP contribution in [0.2, 0.25) is 0 Å². The van der Waals surface area contributed by atoms with Gasteiger partial charge in [-0.2, -0.15) is 0 Å². The number of aliphatic imine (C=N–C) groups is 1. The average Bonchev–Trinajstić information content (AvgIpc) is 2.56. The Morgan fingerprint density at radius 3 is 2.60 bits per heavy atom. The third-order valence-corrected chi connectivity index (χ3v) is 5.55. The van der Waals surface area contributed by atoms with E-state index >= 15 is 0 Å². The van der Waals surface area contributed by atoms with Crippen LogP contribution in [0.25, 0.3) is 5.57 Å². The van der Waals surface area contributed by atoms with Crippen molar-refractivity contribution in [2.75, 3.05) is 11.3 Å². The molecule has 0 saturated carbocycles. The maximum absolute atomic E-state index is 13.3. The Labute approximate surface area is 147 Å². The van der Waals surface area contributed by atoms with Gasteiger partial charge < -0.3 is 0 Å². The predicted octanol–water partition coefficient (Wildman–Crippen LogP) is 4.18. The minimum atomic E-state index is -3.83. The second-order valence-electron chi connectivity index (χ2n) is 6.07. The van der Waals surface area contributed by atoms with Gasteiger partial charge in [0.25, 0.3) is 10.0 Å². The van der Waals surface area contributed by atoms with Gasteiger partial charge in [0.15, 0.2) is 0 Å². The Balaban J connectivity index is 1.90. The van der Waals surface area contributed by atoms with Gasteiger partial charge in [0.2, 0.25) is 0 Å². The quantitative estimate of drug-likeness (QED) is 0.891. The summed E-state index contributed by atoms with van der Waals surface area (Å²) in [5.41, 5.74) is 4.78. The first-order valence-electron chi connectivity index (χ1n) is 7.96. The van der Waals surface area contributed by atoms with E-state index in [-0.39, 0.29) is 4.90 Å². The van der Waals surface area contributed by atoms with E-state index in [1.54, 1.807) is 12.1 Å². The van der Waals surface area contributed by atoms with Gasteiger partial charge in [-0.3, -0.25) is 9.71 Å². The van der Waals surface area contributed by atoms with Crippen LogP contribution in [0.15, 0.2) is 57.9 Å². The summed E-state index contributed by atoms with van der Waals surface area (Å²) in [6, 6.07) is 10.3. The van der Waals surface area contributed by atoms with Crippen molar-refractivity contribution in [2.24, 2.45) is 4.99 Å². The molecule has 2 aromatic carbocycles. The summed E-state index contributed by atoms with van der Waals surface area (Å²) < 4.78 is 40.6. The van der Waals surface area contributed by atoms with Crippen molar-refractivity contribution in [3.63, 3.8) is 0 Å². The second-order valence-corrected chi connectivity index (χ2v) is 7.75. The summed E-state index contributed by atoms with van der Waals surface area (Å²) in [7, 11) is -3.83. The number of aryl methyl sites for hydroxylation is 1. The van der Waals surface area contributed by atoms with Gasteiger partial charge in [0.05, 0.1) is 4.90 Å². The van der Waals surface area contributed by atoms with Crippen LogP contribution in [0.5, 0.6) is 0 Å². The van der Waals surface area contributed by atoms with Gasteiger partial charge in [0.1, 0.15) is 5.82 Å². The number of rotatable bonds is 4. The van der Waals surface area contributed by atoms with E-state index in [9.17, 15) is 12.8 Å². The van der Waals surface area contributed by atoms with Gasteiger partial charge in [-0.15, -0.1) is 0 Å². The van der Waals surface area contributed by atoms with Crippen LogP contribution in [-0.2, 0) is 10.0 Å². The number of sulfonamides is 1. The fourth-order valence-corrected chi connectivity index (χ4v) is 3.89. The molecule has 3 rings (SSSR count). The van der Waals surface area contributed by atoms with E-state index in [0.717, 1.165) is 35.7 Å². The molecule has 1 aliphatic heterocycles. The molecule has 1 N–H and O–H groups in total. The molecule has 0 aliphatic carbocycles. The Morgan fingerprint density at radius 1 is 1.12 bits per heavy atom. The van der Waals surface area contributed by atoms with E-state index < -0.39 is 15.8 Å². The third-order valence-electron chi connectivity index (χ3n) is 4.17. The number of nitrogens with one attached hydrogen (secondary N) is 1. The van der Waals surface area contributed by atoms with Crippen molar-refractivity contribution in [1.82, 2.24) is 0 Å². The fourth-order valence-electron chi connectivity index (χ4n) is 2.81. The highest BCUT2D eigenvalue weighted by Gasteiger charge is 2.16. The van der Waals surface area contributed by atoms with E-state index in [1.165, 1.54) is 23.8 Å². The first-order chi connectivity index (χ1) is 11.9. The van der Waals surface area contributed by atoms with Crippen molar-refractivity contribution in [2.45, 2.75) is 25.2 Å². The summed E-state index contributed by atoms with van der Waals surface area (Å²) in [4.78, 5) is 4.22. The zero-order valence-electron chi connectivity index (χ0n) is 14.1. The maximum atomic E-state index is 13.3. The van der Waals surface area contributed by atoms with Gasteiger partial charge in [0, 0.05) is 18.4 Å². The van der Waals surface area contributed by atoms with Crippen molar-refractivity contribution in [3.8, 4) is 0 Å². The van der Waals surface area contributed by atoms with Gasteiger partial charge in [-0.05, 0) is 67.3 Å². The van der Waals surface area contributed by atoms with Gasteiger partial charge in [-0.1, -0.05) is 17.7 Å². The highest BCUT2D eigenvalue weighted by atomic mass is 32.2. The lowest BCUT2D eigenvalue weighted by Crippen LogP contribution is -2.13. The third kappa shape index (κ3) is 3.79. The molecule has 0 fully saturated rings. The molecule has 25 heavy (non-hydrogen) atoms. The van der Waals surface area contributed by atoms with Crippen LogP contribution in [-0.4, -0.2) is 21.2 Å². The molecule has 0 atom stereocenters. The summed E-state index contributed by atoms with van der Waals surface area (Å²) in [6.45, 7) is 4.82. The Hall–Kier alpha value is -2.47. The number of benzene rings is 2. The Morgan fingerprint density at radius 2 is 1.92 bits per heavy atom. The van der Waals surface area contributed by atoms with Crippen LogP contribution in [0.3, 0.4) is 0 Å². The number of allylic oxidation sites excluding steroid dienone is 1. The number of hydrogen-bond donors (Lipinski definition) is 1. The number of anilines is 1. The standard InChI is InChI=1S/C19H19FN2O2S/c1-13-8-9-21-12-19(13)18-7-6-16(10-14(18)2)22-25(23,24)17-5-3-4-15(20)11-17/h3-7,10-12,22H,8-9H2,1-2H3. The van der Waals surface area contributed by atoms with Crippen LogP contribution in [0.4, 0.5) is 10.1 Å². The minimum Gasteiger partial charge on any atom is -0.292 e. The Bertz CT molecular complexity index is 979. The molecule has 0 aromatic heterocycles. The SMILES string of the molecule is CC1=C(c2ccc(NS(=O)(=O)c3cccc(F)c3)cc2C)C=NCC1. The topological polar surface area (TPSA) is 58.5 Å². The molecule has 0 unspecified atom stereocenters. The van der Waals surface area contributed by atoms with E-state index in [1.807, 2.05) is 19.2 Å².